The van der Waals surface area contributed by atoms with E-state index in [2.05, 4.69) is 9.68 Å². The molecular weight excluding hydrogens is 173 g/mol. The van der Waals surface area contributed by atoms with Crippen molar-refractivity contribution >= 4 is 0 Å². The molecule has 3 nitrogen and oxygen atoms in total. The van der Waals surface area contributed by atoms with Crippen LogP contribution >= 0.6 is 0 Å². The highest BCUT2D eigenvalue weighted by molar-refractivity contribution is 5.09. The van der Waals surface area contributed by atoms with Crippen molar-refractivity contribution < 1.29 is 17.7 Å². The molecule has 1 rings (SSSR count). The maximum Gasteiger partial charge on any atom is 0.409 e. The van der Waals surface area contributed by atoms with Gasteiger partial charge >= 0.3 is 6.18 Å². The maximum absolute atomic E-state index is 11.9. The Morgan fingerprint density at radius 3 is 2.50 bits per heavy atom. The van der Waals surface area contributed by atoms with Crippen LogP contribution in [0.1, 0.15) is 17.5 Å². The van der Waals surface area contributed by atoms with Crippen LogP contribution in [0.2, 0.25) is 0 Å². The molecule has 1 atom stereocenters. The summed E-state index contributed by atoms with van der Waals surface area (Å²) in [5.41, 5.74) is 4.55. The Bertz CT molecular complexity index is 268. The summed E-state index contributed by atoms with van der Waals surface area (Å²) >= 11 is 0. The SMILES string of the molecule is Cc1cc(C(N)C(F)(F)F)no1. The summed E-state index contributed by atoms with van der Waals surface area (Å²) in [5.74, 6) is 0.310. The molecular formula is C6H7F3N2O. The van der Waals surface area contributed by atoms with E-state index >= 15 is 0 Å². The molecule has 0 aromatic carbocycles. The number of aromatic nitrogens is 1. The fraction of sp³-hybridized carbons (Fsp3) is 0.500. The standard InChI is InChI=1S/C6H7F3N2O/c1-3-2-4(11-12-3)5(10)6(7,8)9/h2,5H,10H2,1H3. The van der Waals surface area contributed by atoms with Crippen LogP contribution < -0.4 is 5.73 Å². The van der Waals surface area contributed by atoms with E-state index in [4.69, 9.17) is 5.73 Å². The average molecular weight is 180 g/mol. The molecule has 1 unspecified atom stereocenters. The summed E-state index contributed by atoms with van der Waals surface area (Å²) in [4.78, 5) is 0. The van der Waals surface area contributed by atoms with Crippen molar-refractivity contribution in [3.8, 4) is 0 Å². The van der Waals surface area contributed by atoms with E-state index in [0.29, 0.717) is 5.76 Å². The van der Waals surface area contributed by atoms with Crippen LogP contribution in [-0.4, -0.2) is 11.3 Å². The molecule has 0 fully saturated rings. The summed E-state index contributed by atoms with van der Waals surface area (Å²) < 4.78 is 40.3. The van der Waals surface area contributed by atoms with Gasteiger partial charge < -0.3 is 10.3 Å². The van der Waals surface area contributed by atoms with Crippen molar-refractivity contribution in [1.29, 1.82) is 0 Å². The molecule has 1 aromatic rings. The van der Waals surface area contributed by atoms with E-state index in [1.165, 1.54) is 6.92 Å². The van der Waals surface area contributed by atoms with E-state index in [1.54, 1.807) is 0 Å². The van der Waals surface area contributed by atoms with Crippen molar-refractivity contribution in [3.05, 3.63) is 17.5 Å². The third-order valence-electron chi connectivity index (χ3n) is 1.32. The Hall–Kier alpha value is -1.04. The van der Waals surface area contributed by atoms with Gasteiger partial charge in [-0.25, -0.2) is 0 Å². The van der Waals surface area contributed by atoms with Crippen molar-refractivity contribution in [1.82, 2.24) is 5.16 Å². The van der Waals surface area contributed by atoms with Crippen LogP contribution in [0.3, 0.4) is 0 Å². The molecule has 68 valence electrons. The lowest BCUT2D eigenvalue weighted by Gasteiger charge is -2.11. The van der Waals surface area contributed by atoms with Crippen LogP contribution in [-0.2, 0) is 0 Å². The normalized spacial score (nSPS) is 14.8. The first-order valence-electron chi connectivity index (χ1n) is 3.17. The van der Waals surface area contributed by atoms with E-state index in [0.717, 1.165) is 6.07 Å². The highest BCUT2D eigenvalue weighted by atomic mass is 19.4. The summed E-state index contributed by atoms with van der Waals surface area (Å²) in [6.45, 7) is 1.50. The first kappa shape index (κ1) is 9.05. The van der Waals surface area contributed by atoms with E-state index in [-0.39, 0.29) is 5.69 Å². The third kappa shape index (κ3) is 1.76. The largest absolute Gasteiger partial charge is 0.409 e. The van der Waals surface area contributed by atoms with Gasteiger partial charge in [-0.3, -0.25) is 0 Å². The predicted octanol–water partition coefficient (Wildman–Crippen LogP) is 1.55. The fourth-order valence-corrected chi connectivity index (χ4v) is 0.700. The fourth-order valence-electron chi connectivity index (χ4n) is 0.700. The van der Waals surface area contributed by atoms with Gasteiger partial charge in [0.05, 0.1) is 0 Å². The first-order chi connectivity index (χ1) is 5.41. The highest BCUT2D eigenvalue weighted by Crippen LogP contribution is 2.29. The number of aryl methyl sites for hydroxylation is 1. The smallest absolute Gasteiger partial charge is 0.361 e. The number of hydrogen-bond acceptors (Lipinski definition) is 3. The van der Waals surface area contributed by atoms with Crippen LogP contribution in [0, 0.1) is 6.92 Å². The molecule has 1 aromatic heterocycles. The van der Waals surface area contributed by atoms with E-state index < -0.39 is 12.2 Å². The number of hydrogen-bond donors (Lipinski definition) is 1. The minimum Gasteiger partial charge on any atom is -0.361 e. The third-order valence-corrected chi connectivity index (χ3v) is 1.32. The second-order valence-corrected chi connectivity index (χ2v) is 2.38. The second kappa shape index (κ2) is 2.78. The van der Waals surface area contributed by atoms with E-state index in [9.17, 15) is 13.2 Å². The lowest BCUT2D eigenvalue weighted by molar-refractivity contribution is -0.150. The predicted molar refractivity (Wildman–Crippen MR) is 34.2 cm³/mol. The molecule has 0 aliphatic carbocycles. The molecule has 0 amide bonds. The number of rotatable bonds is 1. The Kier molecular flexibility index (Phi) is 2.10. The van der Waals surface area contributed by atoms with Gasteiger partial charge in [-0.05, 0) is 6.92 Å². The highest BCUT2D eigenvalue weighted by Gasteiger charge is 2.39. The Labute approximate surface area is 66.3 Å². The van der Waals surface area contributed by atoms with Crippen LogP contribution in [0.4, 0.5) is 13.2 Å². The number of nitrogens with two attached hydrogens (primary N) is 1. The molecule has 6 heteroatoms. The van der Waals surface area contributed by atoms with Crippen molar-refractivity contribution in [3.63, 3.8) is 0 Å². The molecule has 12 heavy (non-hydrogen) atoms. The molecule has 0 aliphatic rings. The molecule has 0 spiro atoms. The zero-order chi connectivity index (χ0) is 9.35. The van der Waals surface area contributed by atoms with Gasteiger partial charge in [-0.1, -0.05) is 5.16 Å². The number of alkyl halides is 3. The minimum atomic E-state index is -4.47. The first-order valence-corrected chi connectivity index (χ1v) is 3.17. The van der Waals surface area contributed by atoms with Crippen molar-refractivity contribution in [2.75, 3.05) is 0 Å². The van der Waals surface area contributed by atoms with Gasteiger partial charge in [0.1, 0.15) is 17.5 Å². The Morgan fingerprint density at radius 1 is 1.58 bits per heavy atom. The molecule has 2 N–H and O–H groups in total. The van der Waals surface area contributed by atoms with Gasteiger partial charge in [0.15, 0.2) is 0 Å². The van der Waals surface area contributed by atoms with Crippen LogP contribution in [0.5, 0.6) is 0 Å². The summed E-state index contributed by atoms with van der Waals surface area (Å²) in [5, 5.41) is 3.16. The van der Waals surface area contributed by atoms with Crippen molar-refractivity contribution in [2.24, 2.45) is 5.73 Å². The Morgan fingerprint density at radius 2 is 2.17 bits per heavy atom. The van der Waals surface area contributed by atoms with Crippen molar-refractivity contribution in [2.45, 2.75) is 19.1 Å². The summed E-state index contributed by atoms with van der Waals surface area (Å²) in [6, 6.07) is -0.895. The summed E-state index contributed by atoms with van der Waals surface area (Å²) in [6.07, 6.45) is -4.47. The van der Waals surface area contributed by atoms with Gasteiger partial charge in [0.25, 0.3) is 0 Å². The zero-order valence-electron chi connectivity index (χ0n) is 6.22. The number of nitrogens with zero attached hydrogens (tertiary/aromatic N) is 1. The molecule has 0 saturated carbocycles. The number of halogens is 3. The molecule has 0 saturated heterocycles. The van der Waals surface area contributed by atoms with E-state index in [1.807, 2.05) is 0 Å². The second-order valence-electron chi connectivity index (χ2n) is 2.38. The van der Waals surface area contributed by atoms with Gasteiger partial charge in [0.2, 0.25) is 0 Å². The van der Waals surface area contributed by atoms with Gasteiger partial charge in [0, 0.05) is 6.07 Å². The lowest BCUT2D eigenvalue weighted by atomic mass is 10.2. The van der Waals surface area contributed by atoms with Crippen LogP contribution in [0.25, 0.3) is 0 Å². The Balaban J connectivity index is 2.85. The molecule has 1 heterocycles. The van der Waals surface area contributed by atoms with Crippen LogP contribution in [0.15, 0.2) is 10.6 Å². The molecule has 0 radical (unpaired) electrons. The maximum atomic E-state index is 11.9. The molecule has 0 bridgehead atoms. The monoisotopic (exact) mass is 180 g/mol. The topological polar surface area (TPSA) is 52.0 Å². The average Bonchev–Trinajstić information content (AvgIpc) is 2.32. The summed E-state index contributed by atoms with van der Waals surface area (Å²) in [7, 11) is 0. The lowest BCUT2D eigenvalue weighted by Crippen LogP contribution is -2.28. The quantitative estimate of drug-likeness (QED) is 0.713. The minimum absolute atomic E-state index is 0.292. The van der Waals surface area contributed by atoms with Gasteiger partial charge in [-0.15, -0.1) is 0 Å². The molecule has 0 aliphatic heterocycles. The van der Waals surface area contributed by atoms with Gasteiger partial charge in [-0.2, -0.15) is 13.2 Å². The zero-order valence-corrected chi connectivity index (χ0v) is 6.22.